The molecule has 0 saturated heterocycles. The van der Waals surface area contributed by atoms with E-state index in [9.17, 15) is 19.2 Å². The second-order valence-electron chi connectivity index (χ2n) is 12.3. The van der Waals surface area contributed by atoms with Crippen LogP contribution in [0.5, 0.6) is 17.2 Å². The minimum absolute atomic E-state index is 0.0856. The van der Waals surface area contributed by atoms with Crippen molar-refractivity contribution in [3.63, 3.8) is 0 Å². The number of benzene rings is 3. The number of fused-ring (bicyclic) bond motifs is 8. The molecule has 0 saturated carbocycles. The maximum absolute atomic E-state index is 13.7. The van der Waals surface area contributed by atoms with E-state index in [4.69, 9.17) is 14.2 Å². The Morgan fingerprint density at radius 2 is 1.71 bits per heavy atom. The summed E-state index contributed by atoms with van der Waals surface area (Å²) in [7, 11) is 1.59. The van der Waals surface area contributed by atoms with Crippen molar-refractivity contribution in [2.45, 2.75) is 38.3 Å². The predicted octanol–water partition coefficient (Wildman–Crippen LogP) is 4.44. The van der Waals surface area contributed by atoms with Gasteiger partial charge in [-0.2, -0.15) is 11.8 Å². The highest BCUT2D eigenvalue weighted by Gasteiger charge is 2.32. The van der Waals surface area contributed by atoms with Crippen LogP contribution in [0, 0.1) is 0 Å². The molecule has 49 heavy (non-hydrogen) atoms. The van der Waals surface area contributed by atoms with Crippen molar-refractivity contribution >= 4 is 35.4 Å². The third-order valence-electron chi connectivity index (χ3n) is 9.08. The number of nitrogens with zero attached hydrogens (tertiary/aromatic N) is 2. The first-order valence-electron chi connectivity index (χ1n) is 16.7. The Bertz CT molecular complexity index is 1730. The SMILES string of the molecule is COc1ccc2cc1-c1cc3c(c(c1)OCCCCN(C(=O)CSC)CCCNC2=O)OCCN(C(=O)CC1NC(=O)c2ccccc21)C3. The van der Waals surface area contributed by atoms with Crippen molar-refractivity contribution in [2.24, 2.45) is 0 Å². The number of hydrogen-bond donors (Lipinski definition) is 2. The zero-order valence-corrected chi connectivity index (χ0v) is 28.7. The van der Waals surface area contributed by atoms with Gasteiger partial charge in [0.1, 0.15) is 12.4 Å². The molecule has 12 heteroatoms. The van der Waals surface area contributed by atoms with Crippen LogP contribution in [0.3, 0.4) is 0 Å². The molecular weight excluding hydrogens is 644 g/mol. The van der Waals surface area contributed by atoms with Crippen LogP contribution in [0.1, 0.15) is 63.6 Å². The molecule has 4 amide bonds. The second-order valence-corrected chi connectivity index (χ2v) is 13.2. The fraction of sp³-hybridized carbons (Fsp3) is 0.405. The average Bonchev–Trinajstić information content (AvgIpc) is 3.26. The van der Waals surface area contributed by atoms with Crippen LogP contribution >= 0.6 is 11.8 Å². The summed E-state index contributed by atoms with van der Waals surface area (Å²) in [5, 5.41) is 5.95. The Morgan fingerprint density at radius 3 is 2.55 bits per heavy atom. The van der Waals surface area contributed by atoms with Gasteiger partial charge in [0, 0.05) is 48.4 Å². The van der Waals surface area contributed by atoms with Gasteiger partial charge in [-0.05, 0) is 73.0 Å². The van der Waals surface area contributed by atoms with E-state index in [1.54, 1.807) is 36.3 Å². The fourth-order valence-electron chi connectivity index (χ4n) is 6.56. The zero-order valence-electron chi connectivity index (χ0n) is 27.9. The standard InChI is InChI=1S/C37H42N4O7S/c1-46-31-11-10-24-19-29(31)25-18-26-22-41(33(42)21-30-27-8-3-4-9-28(27)37(45)39-30)15-17-48-35(26)32(20-25)47-16-6-5-13-40(34(43)23-49-2)14-7-12-38-36(24)44/h3-4,8-11,18-20,30H,5-7,12-17,21-23H2,1-2H3,(H,38,44)(H,39,45). The number of ether oxygens (including phenoxy) is 3. The number of carbonyl (C=O) groups excluding carboxylic acids is 4. The molecular formula is C37H42N4O7S. The van der Waals surface area contributed by atoms with Crippen molar-refractivity contribution < 1.29 is 33.4 Å². The molecule has 6 rings (SSSR count). The second kappa shape index (κ2) is 15.7. The Kier molecular flexibility index (Phi) is 10.9. The predicted molar refractivity (Wildman–Crippen MR) is 187 cm³/mol. The molecule has 2 N–H and O–H groups in total. The molecule has 11 nitrogen and oxygen atoms in total. The highest BCUT2D eigenvalue weighted by atomic mass is 32.2. The monoisotopic (exact) mass is 686 g/mol. The molecule has 3 aromatic rings. The van der Waals surface area contributed by atoms with Crippen molar-refractivity contribution in [3.8, 4) is 28.4 Å². The minimum atomic E-state index is -0.397. The largest absolute Gasteiger partial charge is 0.496 e. The lowest BCUT2D eigenvalue weighted by molar-refractivity contribution is -0.132. The van der Waals surface area contributed by atoms with Crippen LogP contribution in [0.2, 0.25) is 0 Å². The van der Waals surface area contributed by atoms with E-state index >= 15 is 0 Å². The molecule has 1 unspecified atom stereocenters. The lowest BCUT2D eigenvalue weighted by Gasteiger charge is -2.23. The number of nitrogens with one attached hydrogen (secondary N) is 2. The van der Waals surface area contributed by atoms with Gasteiger partial charge in [-0.25, -0.2) is 0 Å². The highest BCUT2D eigenvalue weighted by molar-refractivity contribution is 7.99. The molecule has 3 heterocycles. The van der Waals surface area contributed by atoms with Crippen molar-refractivity contribution in [1.29, 1.82) is 0 Å². The summed E-state index contributed by atoms with van der Waals surface area (Å²) in [5.41, 5.74) is 4.12. The van der Waals surface area contributed by atoms with Crippen LogP contribution in [0.4, 0.5) is 0 Å². The minimum Gasteiger partial charge on any atom is -0.496 e. The summed E-state index contributed by atoms with van der Waals surface area (Å²) in [6, 6.07) is 16.1. The lowest BCUT2D eigenvalue weighted by atomic mass is 9.98. The molecule has 1 atom stereocenters. The van der Waals surface area contributed by atoms with Crippen LogP contribution < -0.4 is 24.8 Å². The average molecular weight is 687 g/mol. The Balaban J connectivity index is 1.30. The van der Waals surface area contributed by atoms with Gasteiger partial charge >= 0.3 is 0 Å². The van der Waals surface area contributed by atoms with Crippen LogP contribution in [-0.2, 0) is 16.1 Å². The Labute approximate surface area is 290 Å². The summed E-state index contributed by atoms with van der Waals surface area (Å²) in [6.45, 7) is 2.92. The number of rotatable bonds is 5. The molecule has 0 spiro atoms. The van der Waals surface area contributed by atoms with Gasteiger partial charge in [-0.15, -0.1) is 0 Å². The maximum Gasteiger partial charge on any atom is 0.252 e. The molecule has 0 fully saturated rings. The first kappa shape index (κ1) is 34.2. The summed E-state index contributed by atoms with van der Waals surface area (Å²) < 4.78 is 18.4. The van der Waals surface area contributed by atoms with E-state index in [2.05, 4.69) is 10.6 Å². The zero-order chi connectivity index (χ0) is 34.3. The molecule has 0 aliphatic carbocycles. The third-order valence-corrected chi connectivity index (χ3v) is 9.62. The normalized spacial score (nSPS) is 18.0. The van der Waals surface area contributed by atoms with Crippen LogP contribution in [0.25, 0.3) is 11.1 Å². The number of thioether (sulfide) groups is 1. The first-order valence-corrected chi connectivity index (χ1v) is 18.1. The van der Waals surface area contributed by atoms with Crippen molar-refractivity contribution in [2.75, 3.05) is 58.5 Å². The summed E-state index contributed by atoms with van der Waals surface area (Å²) in [6.07, 6.45) is 4.16. The van der Waals surface area contributed by atoms with E-state index < -0.39 is 6.04 Å². The van der Waals surface area contributed by atoms with Crippen molar-refractivity contribution in [1.82, 2.24) is 20.4 Å². The molecule has 3 aromatic carbocycles. The smallest absolute Gasteiger partial charge is 0.252 e. The summed E-state index contributed by atoms with van der Waals surface area (Å²) in [4.78, 5) is 55.9. The van der Waals surface area contributed by atoms with Gasteiger partial charge in [-0.1, -0.05) is 18.2 Å². The molecule has 0 radical (unpaired) electrons. The fourth-order valence-corrected chi connectivity index (χ4v) is 6.99. The van der Waals surface area contributed by atoms with Gasteiger partial charge in [0.15, 0.2) is 11.5 Å². The van der Waals surface area contributed by atoms with E-state index in [1.807, 2.05) is 41.5 Å². The topological polar surface area (TPSA) is 127 Å². The Morgan fingerprint density at radius 1 is 0.878 bits per heavy atom. The summed E-state index contributed by atoms with van der Waals surface area (Å²) >= 11 is 1.50. The number of amides is 4. The van der Waals surface area contributed by atoms with E-state index in [0.29, 0.717) is 78.9 Å². The van der Waals surface area contributed by atoms with Crippen LogP contribution in [0.15, 0.2) is 54.6 Å². The molecule has 3 aliphatic rings. The van der Waals surface area contributed by atoms with E-state index in [0.717, 1.165) is 29.5 Å². The third kappa shape index (κ3) is 7.80. The molecule has 4 bridgehead atoms. The maximum atomic E-state index is 13.7. The molecule has 258 valence electrons. The number of carbonyl (C=O) groups is 4. The van der Waals surface area contributed by atoms with E-state index in [-0.39, 0.29) is 43.2 Å². The van der Waals surface area contributed by atoms with Crippen molar-refractivity contribution in [3.05, 3.63) is 76.9 Å². The van der Waals surface area contributed by atoms with Gasteiger partial charge in [0.05, 0.1) is 38.5 Å². The highest BCUT2D eigenvalue weighted by Crippen LogP contribution is 2.42. The molecule has 0 aromatic heterocycles. The quantitative estimate of drug-likeness (QED) is 0.404. The number of methoxy groups -OCH3 is 1. The van der Waals surface area contributed by atoms with Crippen LogP contribution in [-0.4, -0.2) is 91.9 Å². The van der Waals surface area contributed by atoms with Gasteiger partial charge < -0.3 is 34.6 Å². The molecule has 3 aliphatic heterocycles. The van der Waals surface area contributed by atoms with E-state index in [1.165, 1.54) is 11.8 Å². The number of hydrogen-bond acceptors (Lipinski definition) is 8. The lowest BCUT2D eigenvalue weighted by Crippen LogP contribution is -2.36. The van der Waals surface area contributed by atoms with Gasteiger partial charge in [0.2, 0.25) is 11.8 Å². The Hall–Kier alpha value is -4.71. The summed E-state index contributed by atoms with van der Waals surface area (Å²) in [5.74, 6) is 1.70. The van der Waals surface area contributed by atoms with Gasteiger partial charge in [0.25, 0.3) is 11.8 Å². The first-order chi connectivity index (χ1) is 23.9. The van der Waals surface area contributed by atoms with Gasteiger partial charge in [-0.3, -0.25) is 19.2 Å².